The highest BCUT2D eigenvalue weighted by molar-refractivity contribution is 5.95. The van der Waals surface area contributed by atoms with Crippen molar-refractivity contribution >= 4 is 23.6 Å². The standard InChI is InChI=1S/C17H18N10O5/c18-15-16(23-32-22-15)26-14(12(20-24-26)10-25-5-7-31-8-6-25)17(28)21-19-9-11-3-1-2-4-13(11)27(29)30/h1-4,9H,5-8,10H2,(H2,18,22)(H,21,28)/b19-9+. The van der Waals surface area contributed by atoms with E-state index in [0.29, 0.717) is 38.5 Å². The predicted octanol–water partition coefficient (Wildman–Crippen LogP) is -0.263. The maximum absolute atomic E-state index is 13.0. The minimum atomic E-state index is -0.671. The van der Waals surface area contributed by atoms with Gasteiger partial charge in [-0.1, -0.05) is 17.3 Å². The van der Waals surface area contributed by atoms with E-state index in [1.165, 1.54) is 24.4 Å². The molecule has 0 bridgehead atoms. The van der Waals surface area contributed by atoms with Crippen LogP contribution >= 0.6 is 0 Å². The number of nitrogens with one attached hydrogen (secondary N) is 1. The number of hydrazone groups is 1. The Kier molecular flexibility index (Phi) is 6.09. The summed E-state index contributed by atoms with van der Waals surface area (Å²) in [5.74, 6) is -0.751. The van der Waals surface area contributed by atoms with Crippen molar-refractivity contribution in [1.82, 2.24) is 35.6 Å². The SMILES string of the molecule is Nc1nonc1-n1nnc(CN2CCOCC2)c1C(=O)N/N=C/c1ccccc1[N+](=O)[O-]. The van der Waals surface area contributed by atoms with Crippen LogP contribution in [0, 0.1) is 10.1 Å². The van der Waals surface area contributed by atoms with Gasteiger partial charge in [-0.3, -0.25) is 19.8 Å². The highest BCUT2D eigenvalue weighted by Gasteiger charge is 2.26. The molecule has 0 radical (unpaired) electrons. The third kappa shape index (κ3) is 4.42. The molecule has 1 amide bonds. The zero-order valence-electron chi connectivity index (χ0n) is 16.6. The number of rotatable bonds is 7. The summed E-state index contributed by atoms with van der Waals surface area (Å²) in [6, 6.07) is 6.00. The number of nitrogens with two attached hydrogens (primary N) is 1. The lowest BCUT2D eigenvalue weighted by atomic mass is 10.2. The quantitative estimate of drug-likeness (QED) is 0.278. The second-order valence-electron chi connectivity index (χ2n) is 6.67. The van der Waals surface area contributed by atoms with E-state index in [1.54, 1.807) is 6.07 Å². The highest BCUT2D eigenvalue weighted by atomic mass is 16.6. The number of benzene rings is 1. The molecule has 0 aliphatic carbocycles. The third-order valence-electron chi connectivity index (χ3n) is 4.63. The molecule has 166 valence electrons. The Bertz CT molecular complexity index is 1150. The molecule has 2 aromatic heterocycles. The lowest BCUT2D eigenvalue weighted by Crippen LogP contribution is -2.36. The van der Waals surface area contributed by atoms with E-state index in [4.69, 9.17) is 10.5 Å². The fourth-order valence-electron chi connectivity index (χ4n) is 3.08. The van der Waals surface area contributed by atoms with Crippen molar-refractivity contribution < 1.29 is 19.1 Å². The van der Waals surface area contributed by atoms with Gasteiger partial charge in [-0.25, -0.2) is 10.1 Å². The number of hydrogen-bond acceptors (Lipinski definition) is 12. The molecule has 0 unspecified atom stereocenters. The first-order chi connectivity index (χ1) is 15.5. The van der Waals surface area contributed by atoms with Gasteiger partial charge in [0.1, 0.15) is 5.69 Å². The summed E-state index contributed by atoms with van der Waals surface area (Å²) in [6.07, 6.45) is 1.18. The molecule has 15 nitrogen and oxygen atoms in total. The number of amides is 1. The number of anilines is 1. The van der Waals surface area contributed by atoms with Gasteiger partial charge in [0.25, 0.3) is 11.6 Å². The molecule has 0 saturated carbocycles. The van der Waals surface area contributed by atoms with Gasteiger partial charge in [0.2, 0.25) is 11.6 Å². The van der Waals surface area contributed by atoms with Crippen LogP contribution in [0.15, 0.2) is 34.0 Å². The molecule has 3 aromatic rings. The van der Waals surface area contributed by atoms with Crippen molar-refractivity contribution in [3.05, 3.63) is 51.3 Å². The Labute approximate surface area is 179 Å². The van der Waals surface area contributed by atoms with Gasteiger partial charge in [0.15, 0.2) is 5.69 Å². The molecule has 1 aliphatic heterocycles. The first kappa shape index (κ1) is 21.0. The summed E-state index contributed by atoms with van der Waals surface area (Å²) in [5, 5.41) is 30.2. The summed E-state index contributed by atoms with van der Waals surface area (Å²) in [6.45, 7) is 2.78. The molecular formula is C17H18N10O5. The molecule has 3 N–H and O–H groups in total. The number of hydrogen-bond donors (Lipinski definition) is 2. The molecule has 0 atom stereocenters. The van der Waals surface area contributed by atoms with Crippen molar-refractivity contribution in [2.45, 2.75) is 6.54 Å². The van der Waals surface area contributed by atoms with Crippen molar-refractivity contribution in [2.24, 2.45) is 5.10 Å². The van der Waals surface area contributed by atoms with Crippen LogP contribution in [0.1, 0.15) is 21.7 Å². The Balaban J connectivity index is 1.60. The normalized spacial score (nSPS) is 14.6. The van der Waals surface area contributed by atoms with Crippen LogP contribution in [-0.4, -0.2) is 73.6 Å². The molecule has 0 spiro atoms. The molecule has 1 aliphatic rings. The van der Waals surface area contributed by atoms with Crippen LogP contribution in [0.5, 0.6) is 0 Å². The second-order valence-corrected chi connectivity index (χ2v) is 6.67. The molecule has 15 heteroatoms. The Morgan fingerprint density at radius 1 is 1.31 bits per heavy atom. The van der Waals surface area contributed by atoms with Crippen molar-refractivity contribution in [2.75, 3.05) is 32.0 Å². The van der Waals surface area contributed by atoms with Crippen LogP contribution in [-0.2, 0) is 11.3 Å². The van der Waals surface area contributed by atoms with Gasteiger partial charge in [-0.15, -0.1) is 5.10 Å². The van der Waals surface area contributed by atoms with Gasteiger partial charge in [0.05, 0.1) is 29.9 Å². The first-order valence-corrected chi connectivity index (χ1v) is 9.44. The van der Waals surface area contributed by atoms with Crippen molar-refractivity contribution in [3.8, 4) is 5.82 Å². The zero-order chi connectivity index (χ0) is 22.5. The number of carbonyl (C=O) groups is 1. The topological polar surface area (TPSA) is 193 Å². The van der Waals surface area contributed by atoms with E-state index in [2.05, 4.69) is 40.7 Å². The fraction of sp³-hybridized carbons (Fsp3) is 0.294. The summed E-state index contributed by atoms with van der Waals surface area (Å²) in [5.41, 5.74) is 8.55. The number of nitro groups is 1. The highest BCUT2D eigenvalue weighted by Crippen LogP contribution is 2.18. The maximum atomic E-state index is 13.0. The minimum absolute atomic E-state index is 0.00134. The van der Waals surface area contributed by atoms with E-state index in [-0.39, 0.29) is 28.6 Å². The van der Waals surface area contributed by atoms with E-state index in [9.17, 15) is 14.9 Å². The van der Waals surface area contributed by atoms with E-state index in [0.717, 1.165) is 4.68 Å². The molecule has 1 fully saturated rings. The largest absolute Gasteiger partial charge is 0.379 e. The maximum Gasteiger partial charge on any atom is 0.292 e. The van der Waals surface area contributed by atoms with Gasteiger partial charge in [-0.05, 0) is 16.4 Å². The van der Waals surface area contributed by atoms with Crippen LogP contribution in [0.4, 0.5) is 11.5 Å². The van der Waals surface area contributed by atoms with E-state index >= 15 is 0 Å². The number of carbonyl (C=O) groups excluding carboxylic acids is 1. The molecule has 32 heavy (non-hydrogen) atoms. The monoisotopic (exact) mass is 442 g/mol. The second kappa shape index (κ2) is 9.27. The van der Waals surface area contributed by atoms with E-state index < -0.39 is 10.8 Å². The average molecular weight is 442 g/mol. The molecule has 1 saturated heterocycles. The number of para-hydroxylation sites is 1. The average Bonchev–Trinajstić information content (AvgIpc) is 3.40. The van der Waals surface area contributed by atoms with Gasteiger partial charge >= 0.3 is 0 Å². The van der Waals surface area contributed by atoms with Crippen LogP contribution in [0.2, 0.25) is 0 Å². The van der Waals surface area contributed by atoms with Crippen LogP contribution in [0.25, 0.3) is 5.82 Å². The summed E-state index contributed by atoms with van der Waals surface area (Å²) >= 11 is 0. The predicted molar refractivity (Wildman–Crippen MR) is 108 cm³/mol. The number of nitrogens with zero attached hydrogens (tertiary/aromatic N) is 8. The zero-order valence-corrected chi connectivity index (χ0v) is 16.6. The van der Waals surface area contributed by atoms with Crippen molar-refractivity contribution in [3.63, 3.8) is 0 Å². The smallest absolute Gasteiger partial charge is 0.292 e. The number of nitro benzene ring substituents is 1. The summed E-state index contributed by atoms with van der Waals surface area (Å²) < 4.78 is 11.1. The number of aromatic nitrogens is 5. The van der Waals surface area contributed by atoms with Gasteiger partial charge in [-0.2, -0.15) is 9.78 Å². The minimum Gasteiger partial charge on any atom is -0.379 e. The molecule has 1 aromatic carbocycles. The molecule has 3 heterocycles. The van der Waals surface area contributed by atoms with Crippen LogP contribution in [0.3, 0.4) is 0 Å². The number of ether oxygens (including phenoxy) is 1. The Morgan fingerprint density at radius 3 is 2.81 bits per heavy atom. The number of morpholine rings is 1. The lowest BCUT2D eigenvalue weighted by molar-refractivity contribution is -0.385. The Morgan fingerprint density at radius 2 is 2.09 bits per heavy atom. The fourth-order valence-corrected chi connectivity index (χ4v) is 3.08. The van der Waals surface area contributed by atoms with Gasteiger partial charge in [0, 0.05) is 25.7 Å². The third-order valence-corrected chi connectivity index (χ3v) is 4.63. The Hall–Kier alpha value is -4.24. The van der Waals surface area contributed by atoms with Gasteiger partial charge < -0.3 is 10.5 Å². The first-order valence-electron chi connectivity index (χ1n) is 9.44. The van der Waals surface area contributed by atoms with Crippen molar-refractivity contribution in [1.29, 1.82) is 0 Å². The molecule has 4 rings (SSSR count). The summed E-state index contributed by atoms with van der Waals surface area (Å²) in [4.78, 5) is 25.6. The summed E-state index contributed by atoms with van der Waals surface area (Å²) in [7, 11) is 0. The lowest BCUT2D eigenvalue weighted by Gasteiger charge is -2.25. The molecular weight excluding hydrogens is 424 g/mol. The van der Waals surface area contributed by atoms with Crippen LogP contribution < -0.4 is 11.2 Å². The number of nitrogen functional groups attached to an aromatic ring is 1. The van der Waals surface area contributed by atoms with E-state index in [1.807, 2.05) is 0 Å².